The maximum atomic E-state index is 11.6. The number of terminal acetylenes is 1. The summed E-state index contributed by atoms with van der Waals surface area (Å²) in [7, 11) is 1.67. The van der Waals surface area contributed by atoms with Gasteiger partial charge in [-0.1, -0.05) is 5.92 Å². The fourth-order valence-electron chi connectivity index (χ4n) is 1.30. The number of nitrogens with zero attached hydrogens (tertiary/aromatic N) is 2. The molecule has 0 N–H and O–H groups in total. The Bertz CT molecular complexity index is 590. The number of hydrogen-bond acceptors (Lipinski definition) is 2. The smallest absolute Gasteiger partial charge is 0.260 e. The molecule has 0 spiro atoms. The van der Waals surface area contributed by atoms with Gasteiger partial charge in [-0.15, -0.1) is 6.42 Å². The molecule has 2 rings (SSSR count). The molecule has 0 bridgehead atoms. The fourth-order valence-corrected chi connectivity index (χ4v) is 1.30. The Kier molecular flexibility index (Phi) is 1.83. The SMILES string of the molecule is C#Cc1ccc2c(=O)n(C)cnc2c1. The molecule has 1 heterocycles. The lowest BCUT2D eigenvalue weighted by Gasteiger charge is -1.99. The first kappa shape index (κ1) is 8.52. The van der Waals surface area contributed by atoms with E-state index < -0.39 is 0 Å². The van der Waals surface area contributed by atoms with Gasteiger partial charge in [0.25, 0.3) is 5.56 Å². The van der Waals surface area contributed by atoms with Crippen LogP contribution in [0.25, 0.3) is 10.9 Å². The molecule has 1 aromatic heterocycles. The molecule has 0 saturated heterocycles. The van der Waals surface area contributed by atoms with Crippen LogP contribution in [0.5, 0.6) is 0 Å². The first-order valence-corrected chi connectivity index (χ1v) is 4.14. The first-order chi connectivity index (χ1) is 6.72. The molecule has 0 amide bonds. The molecule has 0 unspecified atom stereocenters. The standard InChI is InChI=1S/C11H8N2O/c1-3-8-4-5-9-10(6-8)12-7-13(2)11(9)14/h1,4-7H,2H3. The summed E-state index contributed by atoms with van der Waals surface area (Å²) in [5.74, 6) is 2.50. The lowest BCUT2D eigenvalue weighted by atomic mass is 10.1. The average Bonchev–Trinajstić information content (AvgIpc) is 2.23. The Hall–Kier alpha value is -2.08. The van der Waals surface area contributed by atoms with Gasteiger partial charge in [0.1, 0.15) is 0 Å². The summed E-state index contributed by atoms with van der Waals surface area (Å²) in [5.41, 5.74) is 1.32. The van der Waals surface area contributed by atoms with E-state index in [1.807, 2.05) is 0 Å². The van der Waals surface area contributed by atoms with Crippen molar-refractivity contribution in [3.8, 4) is 12.3 Å². The molecule has 0 aliphatic carbocycles. The first-order valence-electron chi connectivity index (χ1n) is 4.14. The van der Waals surface area contributed by atoms with Gasteiger partial charge in [0, 0.05) is 12.6 Å². The number of rotatable bonds is 0. The number of fused-ring (bicyclic) bond motifs is 1. The van der Waals surface area contributed by atoms with Crippen LogP contribution < -0.4 is 5.56 Å². The normalized spacial score (nSPS) is 10.0. The Morgan fingerprint density at radius 1 is 1.50 bits per heavy atom. The molecule has 68 valence electrons. The van der Waals surface area contributed by atoms with Gasteiger partial charge in [-0.2, -0.15) is 0 Å². The molecule has 14 heavy (non-hydrogen) atoms. The van der Waals surface area contributed by atoms with Crippen LogP contribution in [0.4, 0.5) is 0 Å². The third kappa shape index (κ3) is 1.17. The van der Waals surface area contributed by atoms with Crippen LogP contribution in [-0.2, 0) is 7.05 Å². The van der Waals surface area contributed by atoms with Gasteiger partial charge in [-0.05, 0) is 18.2 Å². The quantitative estimate of drug-likeness (QED) is 0.570. The van der Waals surface area contributed by atoms with Gasteiger partial charge in [-0.25, -0.2) is 4.98 Å². The van der Waals surface area contributed by atoms with E-state index in [0.717, 1.165) is 5.56 Å². The number of benzene rings is 1. The zero-order valence-electron chi connectivity index (χ0n) is 7.69. The van der Waals surface area contributed by atoms with Crippen molar-refractivity contribution in [1.29, 1.82) is 0 Å². The molecule has 0 saturated carbocycles. The highest BCUT2D eigenvalue weighted by atomic mass is 16.1. The number of hydrogen-bond donors (Lipinski definition) is 0. The maximum Gasteiger partial charge on any atom is 0.260 e. The molecule has 0 radical (unpaired) electrons. The van der Waals surface area contributed by atoms with Crippen molar-refractivity contribution in [2.24, 2.45) is 7.05 Å². The molecule has 0 aliphatic rings. The molecule has 2 aromatic rings. The summed E-state index contributed by atoms with van der Waals surface area (Å²) in [6.07, 6.45) is 6.74. The van der Waals surface area contributed by atoms with Crippen molar-refractivity contribution in [2.45, 2.75) is 0 Å². The molecule has 0 atom stereocenters. The van der Waals surface area contributed by atoms with E-state index >= 15 is 0 Å². The van der Waals surface area contributed by atoms with Gasteiger partial charge >= 0.3 is 0 Å². The third-order valence-corrected chi connectivity index (χ3v) is 2.09. The Labute approximate surface area is 81.0 Å². The summed E-state index contributed by atoms with van der Waals surface area (Å²) >= 11 is 0. The maximum absolute atomic E-state index is 11.6. The second kappa shape index (κ2) is 3.00. The highest BCUT2D eigenvalue weighted by Gasteiger charge is 2.01. The molecular weight excluding hydrogens is 176 g/mol. The van der Waals surface area contributed by atoms with Gasteiger partial charge in [0.2, 0.25) is 0 Å². The van der Waals surface area contributed by atoms with Crippen LogP contribution in [0.1, 0.15) is 5.56 Å². The Balaban J connectivity index is 2.90. The summed E-state index contributed by atoms with van der Waals surface area (Å²) in [5, 5.41) is 0.592. The molecular formula is C11H8N2O. The summed E-state index contributed by atoms with van der Waals surface area (Å²) in [6, 6.07) is 5.18. The average molecular weight is 184 g/mol. The van der Waals surface area contributed by atoms with Crippen molar-refractivity contribution in [1.82, 2.24) is 9.55 Å². The topological polar surface area (TPSA) is 34.9 Å². The van der Waals surface area contributed by atoms with Crippen molar-refractivity contribution < 1.29 is 0 Å². The van der Waals surface area contributed by atoms with E-state index in [1.54, 1.807) is 25.2 Å². The minimum Gasteiger partial charge on any atom is -0.302 e. The van der Waals surface area contributed by atoms with Crippen LogP contribution in [0.15, 0.2) is 29.3 Å². The minimum absolute atomic E-state index is 0.0569. The van der Waals surface area contributed by atoms with E-state index in [-0.39, 0.29) is 5.56 Å². The lowest BCUT2D eigenvalue weighted by Crippen LogP contribution is -2.16. The number of aryl methyl sites for hydroxylation is 1. The minimum atomic E-state index is -0.0569. The number of aromatic nitrogens is 2. The third-order valence-electron chi connectivity index (χ3n) is 2.09. The van der Waals surface area contributed by atoms with E-state index in [0.29, 0.717) is 10.9 Å². The van der Waals surface area contributed by atoms with Gasteiger partial charge in [-0.3, -0.25) is 4.79 Å². The molecule has 1 aromatic carbocycles. The van der Waals surface area contributed by atoms with Crippen LogP contribution in [0.2, 0.25) is 0 Å². The predicted octanol–water partition coefficient (Wildman–Crippen LogP) is 0.915. The fraction of sp³-hybridized carbons (Fsp3) is 0.0909. The summed E-state index contributed by atoms with van der Waals surface area (Å²) < 4.78 is 1.44. The van der Waals surface area contributed by atoms with E-state index in [4.69, 9.17) is 6.42 Å². The molecule has 3 nitrogen and oxygen atoms in total. The van der Waals surface area contributed by atoms with Crippen molar-refractivity contribution >= 4 is 10.9 Å². The van der Waals surface area contributed by atoms with Crippen LogP contribution >= 0.6 is 0 Å². The monoisotopic (exact) mass is 184 g/mol. The van der Waals surface area contributed by atoms with Crippen molar-refractivity contribution in [2.75, 3.05) is 0 Å². The second-order valence-corrected chi connectivity index (χ2v) is 3.04. The zero-order chi connectivity index (χ0) is 10.1. The zero-order valence-corrected chi connectivity index (χ0v) is 7.69. The van der Waals surface area contributed by atoms with Crippen molar-refractivity contribution in [3.05, 3.63) is 40.4 Å². The molecule has 0 aliphatic heterocycles. The summed E-state index contributed by atoms with van der Waals surface area (Å²) in [6.45, 7) is 0. The predicted molar refractivity (Wildman–Crippen MR) is 54.9 cm³/mol. The second-order valence-electron chi connectivity index (χ2n) is 3.04. The Morgan fingerprint density at radius 2 is 2.29 bits per heavy atom. The van der Waals surface area contributed by atoms with E-state index in [1.165, 1.54) is 10.9 Å². The largest absolute Gasteiger partial charge is 0.302 e. The highest BCUT2D eigenvalue weighted by molar-refractivity contribution is 5.78. The Morgan fingerprint density at radius 3 is 3.00 bits per heavy atom. The van der Waals surface area contributed by atoms with Gasteiger partial charge in [0.05, 0.1) is 17.2 Å². The van der Waals surface area contributed by atoms with Crippen LogP contribution in [0.3, 0.4) is 0 Å². The van der Waals surface area contributed by atoms with Crippen LogP contribution in [-0.4, -0.2) is 9.55 Å². The highest BCUT2D eigenvalue weighted by Crippen LogP contribution is 2.08. The summed E-state index contributed by atoms with van der Waals surface area (Å²) in [4.78, 5) is 15.7. The van der Waals surface area contributed by atoms with Gasteiger partial charge < -0.3 is 4.57 Å². The van der Waals surface area contributed by atoms with Gasteiger partial charge in [0.15, 0.2) is 0 Å². The van der Waals surface area contributed by atoms with Crippen molar-refractivity contribution in [3.63, 3.8) is 0 Å². The lowest BCUT2D eigenvalue weighted by molar-refractivity contribution is 0.843. The van der Waals surface area contributed by atoms with E-state index in [2.05, 4.69) is 10.9 Å². The van der Waals surface area contributed by atoms with Crippen LogP contribution in [0, 0.1) is 12.3 Å². The van der Waals surface area contributed by atoms with E-state index in [9.17, 15) is 4.79 Å². The molecule has 0 fully saturated rings. The molecule has 3 heteroatoms.